The lowest BCUT2D eigenvalue weighted by Crippen LogP contribution is -2.17. The van der Waals surface area contributed by atoms with Gasteiger partial charge in [0, 0.05) is 25.7 Å². The molecule has 0 radical (unpaired) electrons. The molecule has 0 aromatic heterocycles. The van der Waals surface area contributed by atoms with Crippen LogP contribution >= 0.6 is 46.4 Å². The van der Waals surface area contributed by atoms with Gasteiger partial charge in [0.25, 0.3) is 0 Å². The van der Waals surface area contributed by atoms with Gasteiger partial charge in [-0.2, -0.15) is 0 Å². The molecule has 0 aliphatic rings. The normalized spacial score (nSPS) is 13.8. The number of rotatable bonds is 7. The summed E-state index contributed by atoms with van der Waals surface area (Å²) >= 11 is 26.3. The molecule has 0 saturated carbocycles. The largest absolute Gasteiger partial charge is 0.206 e. The maximum absolute atomic E-state index is 16.0. The molecule has 0 aliphatic heterocycles. The molecule has 2 unspecified atom stereocenters. The van der Waals surface area contributed by atoms with Gasteiger partial charge in [-0.1, -0.05) is 119 Å². The third-order valence-electron chi connectivity index (χ3n) is 6.89. The van der Waals surface area contributed by atoms with Crippen LogP contribution in [0.15, 0.2) is 42.5 Å². The van der Waals surface area contributed by atoms with Gasteiger partial charge in [0.05, 0.1) is 0 Å². The van der Waals surface area contributed by atoms with Crippen molar-refractivity contribution in [2.24, 2.45) is 0 Å². The van der Waals surface area contributed by atoms with Crippen molar-refractivity contribution in [3.05, 3.63) is 102 Å². The average Bonchev–Trinajstić information content (AvgIpc) is 2.76. The van der Waals surface area contributed by atoms with Crippen LogP contribution in [-0.4, -0.2) is 0 Å². The number of hydrogen-bond acceptors (Lipinski definition) is 0. The highest BCUT2D eigenvalue weighted by atomic mass is 35.5. The molecule has 194 valence electrons. The van der Waals surface area contributed by atoms with Crippen molar-refractivity contribution in [3.63, 3.8) is 0 Å². The standard InChI is InChI=1S/C31H35Cl4F/c1-17(2)26-24(33)13-11-20(29(26)35)15-19(4)28-25(34)14-12-21(30(28)36)16-18(3)27-22(31(5,6)7)9-8-10-23(27)32/h8-14,17-19H,15-16H2,1-7H3. The van der Waals surface area contributed by atoms with E-state index in [2.05, 4.69) is 47.6 Å². The van der Waals surface area contributed by atoms with E-state index in [1.54, 1.807) is 12.1 Å². The van der Waals surface area contributed by atoms with Crippen LogP contribution in [-0.2, 0) is 18.3 Å². The van der Waals surface area contributed by atoms with Crippen LogP contribution in [0.2, 0.25) is 20.1 Å². The molecule has 0 aliphatic carbocycles. The highest BCUT2D eigenvalue weighted by Crippen LogP contribution is 2.40. The topological polar surface area (TPSA) is 0 Å². The average molecular weight is 568 g/mol. The predicted molar refractivity (Wildman–Crippen MR) is 156 cm³/mol. The van der Waals surface area contributed by atoms with E-state index in [-0.39, 0.29) is 29.0 Å². The van der Waals surface area contributed by atoms with Crippen LogP contribution in [0.5, 0.6) is 0 Å². The Labute approximate surface area is 236 Å². The van der Waals surface area contributed by atoms with Crippen LogP contribution in [0, 0.1) is 5.82 Å². The Morgan fingerprint density at radius 2 is 1.17 bits per heavy atom. The minimum atomic E-state index is -0.250. The monoisotopic (exact) mass is 566 g/mol. The maximum Gasteiger partial charge on any atom is 0.131 e. The van der Waals surface area contributed by atoms with Gasteiger partial charge in [0.15, 0.2) is 0 Å². The molecule has 0 heterocycles. The third kappa shape index (κ3) is 6.24. The SMILES string of the molecule is CC(C)c1c(Cl)ccc(CC(C)c2c(Cl)ccc(CC(C)c3c(Cl)cccc3C(C)(C)C)c2F)c1Cl. The van der Waals surface area contributed by atoms with Crippen LogP contribution < -0.4 is 0 Å². The van der Waals surface area contributed by atoms with E-state index in [4.69, 9.17) is 46.4 Å². The fourth-order valence-corrected chi connectivity index (χ4v) is 6.66. The second-order valence-corrected chi connectivity index (χ2v) is 12.8. The van der Waals surface area contributed by atoms with E-state index in [0.29, 0.717) is 39.0 Å². The van der Waals surface area contributed by atoms with Crippen molar-refractivity contribution in [1.29, 1.82) is 0 Å². The zero-order valence-corrected chi connectivity index (χ0v) is 25.1. The molecule has 0 fully saturated rings. The van der Waals surface area contributed by atoms with Crippen molar-refractivity contribution in [1.82, 2.24) is 0 Å². The van der Waals surface area contributed by atoms with Gasteiger partial charge >= 0.3 is 0 Å². The highest BCUT2D eigenvalue weighted by molar-refractivity contribution is 6.36. The van der Waals surface area contributed by atoms with E-state index in [1.165, 1.54) is 5.56 Å². The second-order valence-electron chi connectivity index (χ2n) is 11.2. The van der Waals surface area contributed by atoms with Crippen molar-refractivity contribution in [2.45, 2.75) is 84.5 Å². The zero-order chi connectivity index (χ0) is 26.9. The van der Waals surface area contributed by atoms with Crippen LogP contribution in [0.25, 0.3) is 0 Å². The lowest BCUT2D eigenvalue weighted by molar-refractivity contribution is 0.554. The molecular formula is C31H35Cl4F. The van der Waals surface area contributed by atoms with Crippen LogP contribution in [0.1, 0.15) is 99.6 Å². The first-order chi connectivity index (χ1) is 16.7. The van der Waals surface area contributed by atoms with Gasteiger partial charge in [0.2, 0.25) is 0 Å². The Hall–Kier alpha value is -1.25. The first kappa shape index (κ1) is 29.3. The summed E-state index contributed by atoms with van der Waals surface area (Å²) in [5.74, 6) is -0.198. The molecule has 3 aromatic carbocycles. The zero-order valence-electron chi connectivity index (χ0n) is 22.1. The quantitative estimate of drug-likeness (QED) is 0.266. The molecule has 0 amide bonds. The Morgan fingerprint density at radius 3 is 1.75 bits per heavy atom. The molecule has 0 spiro atoms. The minimum absolute atomic E-state index is 0.0334. The van der Waals surface area contributed by atoms with Gasteiger partial charge in [-0.25, -0.2) is 4.39 Å². The minimum Gasteiger partial charge on any atom is -0.206 e. The molecule has 0 saturated heterocycles. The lowest BCUT2D eigenvalue weighted by Gasteiger charge is -2.27. The fraction of sp³-hybridized carbons (Fsp3) is 0.419. The molecule has 36 heavy (non-hydrogen) atoms. The Balaban J connectivity index is 1.95. The summed E-state index contributed by atoms with van der Waals surface area (Å²) in [6, 6.07) is 13.4. The maximum atomic E-state index is 16.0. The molecule has 2 atom stereocenters. The van der Waals surface area contributed by atoms with E-state index in [9.17, 15) is 0 Å². The molecule has 3 aromatic rings. The summed E-state index contributed by atoms with van der Waals surface area (Å²) in [6.07, 6.45) is 1.08. The first-order valence-electron chi connectivity index (χ1n) is 12.5. The molecule has 0 N–H and O–H groups in total. The molecule has 5 heteroatoms. The van der Waals surface area contributed by atoms with E-state index in [0.717, 1.165) is 21.7 Å². The van der Waals surface area contributed by atoms with Gasteiger partial charge in [-0.15, -0.1) is 0 Å². The molecule has 0 nitrogen and oxygen atoms in total. The summed E-state index contributed by atoms with van der Waals surface area (Å²) in [6.45, 7) is 14.7. The molecule has 0 bridgehead atoms. The van der Waals surface area contributed by atoms with Crippen molar-refractivity contribution in [3.8, 4) is 0 Å². The van der Waals surface area contributed by atoms with E-state index >= 15 is 4.39 Å². The summed E-state index contributed by atoms with van der Waals surface area (Å²) < 4.78 is 16.0. The van der Waals surface area contributed by atoms with Gasteiger partial charge in [-0.05, 0) is 82.0 Å². The van der Waals surface area contributed by atoms with Crippen molar-refractivity contribution >= 4 is 46.4 Å². The first-order valence-corrected chi connectivity index (χ1v) is 14.0. The highest BCUT2D eigenvalue weighted by Gasteiger charge is 2.26. The number of benzene rings is 3. The fourth-order valence-electron chi connectivity index (χ4n) is 5.08. The van der Waals surface area contributed by atoms with Gasteiger partial charge in [0.1, 0.15) is 5.82 Å². The van der Waals surface area contributed by atoms with Crippen molar-refractivity contribution < 1.29 is 4.39 Å². The lowest BCUT2D eigenvalue weighted by atomic mass is 9.78. The Bertz CT molecular complexity index is 1240. The summed E-state index contributed by atoms with van der Waals surface area (Å²) in [5, 5.41) is 2.45. The summed E-state index contributed by atoms with van der Waals surface area (Å²) in [5.41, 5.74) is 5.21. The van der Waals surface area contributed by atoms with Crippen LogP contribution in [0.3, 0.4) is 0 Å². The van der Waals surface area contributed by atoms with Gasteiger partial charge in [-0.3, -0.25) is 0 Å². The van der Waals surface area contributed by atoms with Crippen molar-refractivity contribution in [2.75, 3.05) is 0 Å². The predicted octanol–water partition coefficient (Wildman–Crippen LogP) is 11.6. The van der Waals surface area contributed by atoms with E-state index < -0.39 is 0 Å². The second kappa shape index (κ2) is 11.6. The molecular weight excluding hydrogens is 533 g/mol. The summed E-state index contributed by atoms with van der Waals surface area (Å²) in [4.78, 5) is 0. The smallest absolute Gasteiger partial charge is 0.131 e. The number of hydrogen-bond donors (Lipinski definition) is 0. The summed E-state index contributed by atoms with van der Waals surface area (Å²) in [7, 11) is 0. The number of halogens is 5. The Kier molecular flexibility index (Phi) is 9.48. The molecule has 3 rings (SSSR count). The van der Waals surface area contributed by atoms with E-state index in [1.807, 2.05) is 31.2 Å². The third-order valence-corrected chi connectivity index (χ3v) is 8.32. The Morgan fingerprint density at radius 1 is 0.667 bits per heavy atom. The van der Waals surface area contributed by atoms with Crippen LogP contribution in [0.4, 0.5) is 4.39 Å². The van der Waals surface area contributed by atoms with Gasteiger partial charge < -0.3 is 0 Å².